The van der Waals surface area contributed by atoms with Gasteiger partial charge in [0.25, 0.3) is 0 Å². The average Bonchev–Trinajstić information content (AvgIpc) is 2.49. The minimum absolute atomic E-state index is 0.618. The largest absolute Gasteiger partial charge is 0.436 e. The number of fused-ring (bicyclic) bond motifs is 1. The Morgan fingerprint density at radius 2 is 2.00 bits per heavy atom. The standard InChI is InChI=1S/C16H13BrN2O/c1-11-8-12(9-17)10-19-16(11)20-14-6-2-4-13-5-3-7-18-15(13)14/h2-8,10H,9H2,1H3. The van der Waals surface area contributed by atoms with Crippen LogP contribution < -0.4 is 4.74 Å². The molecule has 0 fully saturated rings. The van der Waals surface area contributed by atoms with Crippen LogP contribution in [0.3, 0.4) is 0 Å². The summed E-state index contributed by atoms with van der Waals surface area (Å²) in [5.74, 6) is 1.35. The molecule has 0 amide bonds. The summed E-state index contributed by atoms with van der Waals surface area (Å²) in [5.41, 5.74) is 2.99. The lowest BCUT2D eigenvalue weighted by Crippen LogP contribution is -1.94. The van der Waals surface area contributed by atoms with E-state index in [-0.39, 0.29) is 0 Å². The molecule has 0 saturated heterocycles. The molecule has 0 unspecified atom stereocenters. The van der Waals surface area contributed by atoms with E-state index in [1.54, 1.807) is 6.20 Å². The Morgan fingerprint density at radius 3 is 2.80 bits per heavy atom. The van der Waals surface area contributed by atoms with Gasteiger partial charge in [0.1, 0.15) is 5.52 Å². The first-order valence-electron chi connectivity index (χ1n) is 6.31. The van der Waals surface area contributed by atoms with Crippen molar-refractivity contribution in [2.24, 2.45) is 0 Å². The first-order valence-corrected chi connectivity index (χ1v) is 7.43. The van der Waals surface area contributed by atoms with Gasteiger partial charge in [-0.3, -0.25) is 4.98 Å². The fourth-order valence-electron chi connectivity index (χ4n) is 2.06. The lowest BCUT2D eigenvalue weighted by molar-refractivity contribution is 0.463. The van der Waals surface area contributed by atoms with Gasteiger partial charge in [-0.05, 0) is 30.7 Å². The molecule has 4 heteroatoms. The van der Waals surface area contributed by atoms with E-state index >= 15 is 0 Å². The van der Waals surface area contributed by atoms with E-state index in [0.29, 0.717) is 5.88 Å². The van der Waals surface area contributed by atoms with Crippen molar-refractivity contribution in [3.8, 4) is 11.6 Å². The number of para-hydroxylation sites is 1. The SMILES string of the molecule is Cc1cc(CBr)cnc1Oc1cccc2cccnc12. The van der Waals surface area contributed by atoms with Gasteiger partial charge in [0.2, 0.25) is 5.88 Å². The molecule has 0 aliphatic heterocycles. The van der Waals surface area contributed by atoms with Crippen molar-refractivity contribution in [2.75, 3.05) is 0 Å². The molecule has 0 N–H and O–H groups in total. The van der Waals surface area contributed by atoms with Gasteiger partial charge < -0.3 is 4.74 Å². The van der Waals surface area contributed by atoms with Crippen LogP contribution in [0.4, 0.5) is 0 Å². The second-order valence-corrected chi connectivity index (χ2v) is 5.09. The van der Waals surface area contributed by atoms with Gasteiger partial charge in [-0.15, -0.1) is 0 Å². The molecule has 100 valence electrons. The fourth-order valence-corrected chi connectivity index (χ4v) is 2.37. The van der Waals surface area contributed by atoms with E-state index in [0.717, 1.165) is 33.1 Å². The Hall–Kier alpha value is -1.94. The molecule has 0 spiro atoms. The second-order valence-electron chi connectivity index (χ2n) is 4.53. The lowest BCUT2D eigenvalue weighted by Gasteiger charge is -2.10. The summed E-state index contributed by atoms with van der Waals surface area (Å²) in [6.45, 7) is 1.99. The highest BCUT2D eigenvalue weighted by Crippen LogP contribution is 2.29. The minimum Gasteiger partial charge on any atom is -0.436 e. The second kappa shape index (κ2) is 5.59. The molecule has 0 aliphatic carbocycles. The van der Waals surface area contributed by atoms with Crippen LogP contribution in [0.5, 0.6) is 11.6 Å². The minimum atomic E-state index is 0.618. The number of halogens is 1. The zero-order chi connectivity index (χ0) is 13.9. The lowest BCUT2D eigenvalue weighted by atomic mass is 10.2. The molecular formula is C16H13BrN2O. The number of hydrogen-bond acceptors (Lipinski definition) is 3. The highest BCUT2D eigenvalue weighted by molar-refractivity contribution is 9.08. The van der Waals surface area contributed by atoms with Gasteiger partial charge in [0.15, 0.2) is 5.75 Å². The van der Waals surface area contributed by atoms with Crippen LogP contribution in [-0.2, 0) is 5.33 Å². The molecule has 3 aromatic rings. The average molecular weight is 329 g/mol. The van der Waals surface area contributed by atoms with Gasteiger partial charge in [0.05, 0.1) is 0 Å². The van der Waals surface area contributed by atoms with Crippen molar-refractivity contribution in [2.45, 2.75) is 12.3 Å². The Morgan fingerprint density at radius 1 is 1.15 bits per heavy atom. The van der Waals surface area contributed by atoms with Crippen LogP contribution in [0.1, 0.15) is 11.1 Å². The number of pyridine rings is 2. The van der Waals surface area contributed by atoms with Gasteiger partial charge in [-0.1, -0.05) is 34.1 Å². The fraction of sp³-hybridized carbons (Fsp3) is 0.125. The predicted octanol–water partition coefficient (Wildman–Crippen LogP) is 4.63. The monoisotopic (exact) mass is 328 g/mol. The predicted molar refractivity (Wildman–Crippen MR) is 83.4 cm³/mol. The van der Waals surface area contributed by atoms with E-state index < -0.39 is 0 Å². The number of ether oxygens (including phenoxy) is 1. The highest BCUT2D eigenvalue weighted by atomic mass is 79.9. The van der Waals surface area contributed by atoms with Crippen molar-refractivity contribution in [1.29, 1.82) is 0 Å². The Bertz CT molecular complexity index is 753. The summed E-state index contributed by atoms with van der Waals surface area (Å²) in [6.07, 6.45) is 3.58. The molecule has 3 nitrogen and oxygen atoms in total. The molecule has 0 saturated carbocycles. The van der Waals surface area contributed by atoms with E-state index in [2.05, 4.69) is 32.0 Å². The molecular weight excluding hydrogens is 316 g/mol. The summed E-state index contributed by atoms with van der Waals surface area (Å²) in [7, 11) is 0. The van der Waals surface area contributed by atoms with E-state index in [1.165, 1.54) is 0 Å². The van der Waals surface area contributed by atoms with Gasteiger partial charge >= 0.3 is 0 Å². The molecule has 0 bridgehead atoms. The number of alkyl halides is 1. The molecule has 0 radical (unpaired) electrons. The quantitative estimate of drug-likeness (QED) is 0.658. The normalized spacial score (nSPS) is 10.7. The smallest absolute Gasteiger partial charge is 0.222 e. The zero-order valence-electron chi connectivity index (χ0n) is 11.0. The summed E-state index contributed by atoms with van der Waals surface area (Å²) >= 11 is 3.42. The summed E-state index contributed by atoms with van der Waals surface area (Å²) in [5, 5.41) is 1.84. The van der Waals surface area contributed by atoms with E-state index in [9.17, 15) is 0 Å². The maximum absolute atomic E-state index is 5.93. The first kappa shape index (κ1) is 13.1. The molecule has 2 heterocycles. The topological polar surface area (TPSA) is 35.0 Å². The molecule has 0 aliphatic rings. The van der Waals surface area contributed by atoms with Crippen molar-refractivity contribution in [1.82, 2.24) is 9.97 Å². The Balaban J connectivity index is 2.01. The number of nitrogens with zero attached hydrogens (tertiary/aromatic N) is 2. The third-order valence-corrected chi connectivity index (χ3v) is 3.69. The number of aromatic nitrogens is 2. The summed E-state index contributed by atoms with van der Waals surface area (Å²) < 4.78 is 5.93. The third-order valence-electron chi connectivity index (χ3n) is 3.04. The molecule has 2 aromatic heterocycles. The number of hydrogen-bond donors (Lipinski definition) is 0. The molecule has 3 rings (SSSR count). The van der Waals surface area contributed by atoms with Crippen LogP contribution in [0.25, 0.3) is 10.9 Å². The van der Waals surface area contributed by atoms with Gasteiger partial charge in [-0.2, -0.15) is 0 Å². The maximum Gasteiger partial charge on any atom is 0.222 e. The van der Waals surface area contributed by atoms with Crippen molar-refractivity contribution < 1.29 is 4.74 Å². The Labute approximate surface area is 125 Å². The van der Waals surface area contributed by atoms with Crippen LogP contribution in [0.2, 0.25) is 0 Å². The van der Waals surface area contributed by atoms with Gasteiger partial charge in [0, 0.05) is 28.7 Å². The number of rotatable bonds is 3. The van der Waals surface area contributed by atoms with Crippen molar-refractivity contribution >= 4 is 26.8 Å². The van der Waals surface area contributed by atoms with Gasteiger partial charge in [-0.25, -0.2) is 4.98 Å². The summed E-state index contributed by atoms with van der Waals surface area (Å²) in [4.78, 5) is 8.75. The van der Waals surface area contributed by atoms with Crippen LogP contribution in [0, 0.1) is 6.92 Å². The maximum atomic E-state index is 5.93. The molecule has 1 aromatic carbocycles. The van der Waals surface area contributed by atoms with E-state index in [4.69, 9.17) is 4.74 Å². The van der Waals surface area contributed by atoms with E-state index in [1.807, 2.05) is 43.5 Å². The van der Waals surface area contributed by atoms with Crippen molar-refractivity contribution in [3.05, 3.63) is 59.9 Å². The zero-order valence-corrected chi connectivity index (χ0v) is 12.6. The molecule has 20 heavy (non-hydrogen) atoms. The molecule has 0 atom stereocenters. The third kappa shape index (κ3) is 2.51. The summed E-state index contributed by atoms with van der Waals surface area (Å²) in [6, 6.07) is 11.9. The van der Waals surface area contributed by atoms with Crippen LogP contribution in [-0.4, -0.2) is 9.97 Å². The van der Waals surface area contributed by atoms with Crippen molar-refractivity contribution in [3.63, 3.8) is 0 Å². The first-order chi connectivity index (χ1) is 9.78. The highest BCUT2D eigenvalue weighted by Gasteiger charge is 2.08. The van der Waals surface area contributed by atoms with Crippen LogP contribution >= 0.6 is 15.9 Å². The number of aryl methyl sites for hydroxylation is 1. The van der Waals surface area contributed by atoms with Crippen LogP contribution in [0.15, 0.2) is 48.8 Å². The number of benzene rings is 1. The Kier molecular flexibility index (Phi) is 3.65.